The molecule has 1 unspecified atom stereocenters. The highest BCUT2D eigenvalue weighted by molar-refractivity contribution is 7.85. The van der Waals surface area contributed by atoms with Crippen molar-refractivity contribution < 1.29 is 26.6 Å². The zero-order valence-electron chi connectivity index (χ0n) is 23.0. The summed E-state index contributed by atoms with van der Waals surface area (Å²) in [6, 6.07) is 1.86. The minimum atomic E-state index is -4.73. The second-order valence-corrected chi connectivity index (χ2v) is 12.1. The van der Waals surface area contributed by atoms with Gasteiger partial charge in [-0.25, -0.2) is 9.50 Å². The van der Waals surface area contributed by atoms with Crippen LogP contribution in [0.3, 0.4) is 0 Å². The molecule has 1 fully saturated rings. The quantitative estimate of drug-likeness (QED) is 0.385. The van der Waals surface area contributed by atoms with E-state index in [2.05, 4.69) is 15.1 Å². The summed E-state index contributed by atoms with van der Waals surface area (Å²) >= 11 is 0. The second kappa shape index (κ2) is 12.1. The van der Waals surface area contributed by atoms with Gasteiger partial charge in [-0.3, -0.25) is 14.0 Å². The van der Waals surface area contributed by atoms with Crippen LogP contribution < -0.4 is 0 Å². The average Bonchev–Trinajstić information content (AvgIpc) is 3.24. The van der Waals surface area contributed by atoms with E-state index in [0.717, 1.165) is 18.3 Å². The molecule has 12 heteroatoms. The molecule has 1 saturated heterocycles. The predicted molar refractivity (Wildman–Crippen MR) is 142 cm³/mol. The summed E-state index contributed by atoms with van der Waals surface area (Å²) < 4.78 is 69.1. The van der Waals surface area contributed by atoms with Crippen molar-refractivity contribution in [1.29, 1.82) is 0 Å². The minimum absolute atomic E-state index is 0.287. The Kier molecular flexibility index (Phi) is 9.51. The molecule has 0 radical (unpaired) electrons. The Balaban J connectivity index is 0.00000205. The molecule has 0 N–H and O–H groups in total. The molecule has 1 aliphatic rings. The van der Waals surface area contributed by atoms with Gasteiger partial charge in [-0.05, 0) is 30.0 Å². The van der Waals surface area contributed by atoms with Crippen LogP contribution in [-0.2, 0) is 27.4 Å². The number of rotatable bonds is 5. The van der Waals surface area contributed by atoms with Crippen molar-refractivity contribution in [1.82, 2.24) is 24.5 Å². The first-order valence-electron chi connectivity index (χ1n) is 12.9. The van der Waals surface area contributed by atoms with Crippen molar-refractivity contribution in [3.8, 4) is 0 Å². The van der Waals surface area contributed by atoms with Gasteiger partial charge in [0.05, 0.1) is 11.4 Å². The fourth-order valence-electron chi connectivity index (χ4n) is 4.83. The Labute approximate surface area is 228 Å². The average molecular weight is 570 g/mol. The SMILES string of the molecule is CC.CN(C(=O)C1CCS(=O)CC1)C(c1ccc(Cc2cnc3cc(F)nn3c2C(C)(C)C)cn1)C(F)(F)F. The number of alkyl halides is 3. The van der Waals surface area contributed by atoms with E-state index in [1.807, 2.05) is 34.6 Å². The van der Waals surface area contributed by atoms with Crippen LogP contribution in [0, 0.1) is 11.9 Å². The number of pyridine rings is 1. The first-order chi connectivity index (χ1) is 18.3. The molecule has 4 rings (SSSR count). The van der Waals surface area contributed by atoms with Gasteiger partial charge in [-0.2, -0.15) is 17.6 Å². The highest BCUT2D eigenvalue weighted by Gasteiger charge is 2.47. The smallest absolute Gasteiger partial charge is 0.328 e. The van der Waals surface area contributed by atoms with Crippen molar-refractivity contribution in [3.05, 3.63) is 59.1 Å². The van der Waals surface area contributed by atoms with E-state index in [1.54, 1.807) is 12.3 Å². The lowest BCUT2D eigenvalue weighted by atomic mass is 9.87. The lowest BCUT2D eigenvalue weighted by Crippen LogP contribution is -2.44. The maximum absolute atomic E-state index is 14.1. The minimum Gasteiger partial charge on any atom is -0.328 e. The third kappa shape index (κ3) is 7.01. The number of aromatic nitrogens is 4. The van der Waals surface area contributed by atoms with Crippen molar-refractivity contribution in [2.45, 2.75) is 71.5 Å². The monoisotopic (exact) mass is 569 g/mol. The Morgan fingerprint density at radius 3 is 2.31 bits per heavy atom. The molecule has 0 saturated carbocycles. The summed E-state index contributed by atoms with van der Waals surface area (Å²) in [4.78, 5) is 21.9. The summed E-state index contributed by atoms with van der Waals surface area (Å²) in [7, 11) is 0.118. The Morgan fingerprint density at radius 1 is 1.13 bits per heavy atom. The van der Waals surface area contributed by atoms with Gasteiger partial charge in [0.25, 0.3) is 0 Å². The maximum atomic E-state index is 14.1. The van der Waals surface area contributed by atoms with Gasteiger partial charge in [0.15, 0.2) is 11.7 Å². The summed E-state index contributed by atoms with van der Waals surface area (Å²) in [6.07, 6.45) is -0.837. The molecule has 0 aromatic carbocycles. The topological polar surface area (TPSA) is 80.5 Å². The molecule has 0 bridgehead atoms. The number of hydrogen-bond donors (Lipinski definition) is 0. The number of carbonyl (C=O) groups excluding carboxylic acids is 1. The third-order valence-electron chi connectivity index (χ3n) is 6.54. The molecular formula is C27H35F4N5O2S. The van der Waals surface area contributed by atoms with Crippen molar-refractivity contribution in [2.75, 3.05) is 18.6 Å². The van der Waals surface area contributed by atoms with Gasteiger partial charge >= 0.3 is 6.18 Å². The van der Waals surface area contributed by atoms with Gasteiger partial charge in [0.1, 0.15) is 0 Å². The molecule has 4 heterocycles. The van der Waals surface area contributed by atoms with E-state index in [1.165, 1.54) is 22.8 Å². The van der Waals surface area contributed by atoms with Crippen LogP contribution in [0.1, 0.15) is 76.0 Å². The number of amides is 1. The standard InChI is InChI=1S/C25H29F4N5O2S.C2H6/c1-24(2,3)21-17(14-31-20-12-19(26)32-34(20)21)11-15-5-6-18(30-13-15)22(25(27,28)29)33(4)23(35)16-7-9-37(36)10-8-16;1-2/h5-6,12-14,16,22H,7-11H2,1-4H3;1-2H3. The fraction of sp³-hybridized carbons (Fsp3) is 0.556. The predicted octanol–water partition coefficient (Wildman–Crippen LogP) is 5.40. The number of nitrogens with zero attached hydrogens (tertiary/aromatic N) is 5. The van der Waals surface area contributed by atoms with Crippen LogP contribution in [-0.4, -0.2) is 59.3 Å². The molecule has 39 heavy (non-hydrogen) atoms. The summed E-state index contributed by atoms with van der Waals surface area (Å²) in [5, 5.41) is 3.92. The van der Waals surface area contributed by atoms with E-state index in [9.17, 15) is 26.6 Å². The Hall–Kier alpha value is -2.89. The Morgan fingerprint density at radius 2 is 1.77 bits per heavy atom. The first kappa shape index (κ1) is 30.6. The van der Waals surface area contributed by atoms with E-state index < -0.39 is 46.2 Å². The molecule has 1 aliphatic heterocycles. The highest BCUT2D eigenvalue weighted by Crippen LogP contribution is 2.38. The summed E-state index contributed by atoms with van der Waals surface area (Å²) in [6.45, 7) is 9.87. The van der Waals surface area contributed by atoms with Crippen molar-refractivity contribution in [2.24, 2.45) is 5.92 Å². The van der Waals surface area contributed by atoms with Gasteiger partial charge in [0, 0.05) is 65.6 Å². The number of fused-ring (bicyclic) bond motifs is 1. The lowest BCUT2D eigenvalue weighted by molar-refractivity contribution is -0.191. The highest BCUT2D eigenvalue weighted by atomic mass is 32.2. The normalized spacial score (nSPS) is 18.8. The van der Waals surface area contributed by atoms with Gasteiger partial charge in [-0.15, -0.1) is 5.10 Å². The largest absolute Gasteiger partial charge is 0.414 e. The molecule has 1 amide bonds. The molecule has 214 valence electrons. The molecule has 1 atom stereocenters. The zero-order valence-corrected chi connectivity index (χ0v) is 23.9. The number of carbonyl (C=O) groups is 1. The van der Waals surface area contributed by atoms with Crippen molar-refractivity contribution in [3.63, 3.8) is 0 Å². The Bertz CT molecular complexity index is 1310. The third-order valence-corrected chi connectivity index (χ3v) is 7.93. The van der Waals surface area contributed by atoms with Crippen LogP contribution in [0.4, 0.5) is 17.6 Å². The summed E-state index contributed by atoms with van der Waals surface area (Å²) in [5.41, 5.74) is 1.77. The number of halogens is 4. The number of hydrogen-bond acceptors (Lipinski definition) is 5. The molecular weight excluding hydrogens is 534 g/mol. The fourth-order valence-corrected chi connectivity index (χ4v) is 6.13. The maximum Gasteiger partial charge on any atom is 0.414 e. The molecule has 0 aliphatic carbocycles. The van der Waals surface area contributed by atoms with E-state index in [-0.39, 0.29) is 5.69 Å². The van der Waals surface area contributed by atoms with Gasteiger partial charge in [0.2, 0.25) is 11.9 Å². The zero-order chi connectivity index (χ0) is 29.1. The van der Waals surface area contributed by atoms with E-state index >= 15 is 0 Å². The molecule has 3 aromatic heterocycles. The first-order valence-corrected chi connectivity index (χ1v) is 14.4. The molecule has 7 nitrogen and oxygen atoms in total. The van der Waals surface area contributed by atoms with Crippen LogP contribution >= 0.6 is 0 Å². The van der Waals surface area contributed by atoms with Gasteiger partial charge < -0.3 is 4.90 Å². The van der Waals surface area contributed by atoms with Crippen LogP contribution in [0.5, 0.6) is 0 Å². The molecule has 3 aromatic rings. The van der Waals surface area contributed by atoms with Crippen LogP contribution in [0.25, 0.3) is 5.65 Å². The lowest BCUT2D eigenvalue weighted by Gasteiger charge is -2.33. The second-order valence-electron chi connectivity index (χ2n) is 10.4. The van der Waals surface area contributed by atoms with Gasteiger partial charge in [-0.1, -0.05) is 40.7 Å². The van der Waals surface area contributed by atoms with E-state index in [4.69, 9.17) is 0 Å². The van der Waals surface area contributed by atoms with Crippen LogP contribution in [0.2, 0.25) is 0 Å². The molecule has 0 spiro atoms. The summed E-state index contributed by atoms with van der Waals surface area (Å²) in [5.74, 6) is -1.23. The van der Waals surface area contributed by atoms with Crippen LogP contribution in [0.15, 0.2) is 30.6 Å². The van der Waals surface area contributed by atoms with Crippen molar-refractivity contribution >= 4 is 22.4 Å². The van der Waals surface area contributed by atoms with E-state index in [0.29, 0.717) is 46.9 Å².